The lowest BCUT2D eigenvalue weighted by molar-refractivity contribution is -0.137. The number of carboxylic acids is 1. The molecule has 4 aromatic rings. The number of hydrogen-bond donors (Lipinski definition) is 2. The predicted octanol–water partition coefficient (Wildman–Crippen LogP) is 10.3. The highest BCUT2D eigenvalue weighted by molar-refractivity contribution is 8.12. The number of carbonyl (C=O) groups is 2. The van der Waals surface area contributed by atoms with E-state index in [4.69, 9.17) is 4.74 Å². The molecule has 0 atom stereocenters. The molecule has 0 saturated carbocycles. The van der Waals surface area contributed by atoms with Crippen LogP contribution in [0.3, 0.4) is 0 Å². The van der Waals surface area contributed by atoms with Crippen molar-refractivity contribution in [2.24, 2.45) is 0 Å². The predicted molar refractivity (Wildman–Crippen MR) is 230 cm³/mol. The van der Waals surface area contributed by atoms with Crippen molar-refractivity contribution >= 4 is 44.8 Å². The second kappa shape index (κ2) is 25.3. The molecule has 0 radical (unpaired) electrons. The van der Waals surface area contributed by atoms with E-state index in [1.54, 1.807) is 16.9 Å². The highest BCUT2D eigenvalue weighted by Crippen LogP contribution is 2.21. The van der Waals surface area contributed by atoms with E-state index in [2.05, 4.69) is 23.7 Å². The topological polar surface area (TPSA) is 120 Å². The lowest BCUT2D eigenvalue weighted by atomic mass is 10.0. The van der Waals surface area contributed by atoms with Crippen LogP contribution in [0.2, 0.25) is 0 Å². The van der Waals surface area contributed by atoms with Gasteiger partial charge < -0.3 is 24.3 Å². The van der Waals surface area contributed by atoms with Crippen LogP contribution in [-0.2, 0) is 35.6 Å². The summed E-state index contributed by atoms with van der Waals surface area (Å²) >= 11 is 1.17. The molecule has 0 aliphatic carbocycles. The van der Waals surface area contributed by atoms with Crippen LogP contribution < -0.4 is 16.2 Å². The number of carboxylic acid groups (broad SMARTS) is 1. The molecule has 1 aliphatic heterocycles. The zero-order valence-electron chi connectivity index (χ0n) is 34.1. The van der Waals surface area contributed by atoms with Crippen molar-refractivity contribution in [3.8, 4) is 0 Å². The summed E-state index contributed by atoms with van der Waals surface area (Å²) in [5.41, 5.74) is 5.14. The normalized spacial score (nSPS) is 12.2. The van der Waals surface area contributed by atoms with Gasteiger partial charge in [-0.15, -0.1) is 0 Å². The van der Waals surface area contributed by atoms with E-state index in [9.17, 15) is 24.3 Å². The summed E-state index contributed by atoms with van der Waals surface area (Å²) in [6, 6.07) is 14.9. The van der Waals surface area contributed by atoms with Gasteiger partial charge in [-0.2, -0.15) is 0 Å². The molecular formula is C45H65N3O6S. The van der Waals surface area contributed by atoms with E-state index in [1.807, 2.05) is 56.3 Å². The number of fused-ring (bicyclic) bond motifs is 2. The molecule has 2 N–H and O–H groups in total. The Labute approximate surface area is 332 Å². The molecule has 1 aliphatic rings. The fraction of sp³-hybridized carbons (Fsp3) is 0.556. The number of unbranched alkanes of at least 4 members (excludes halogenated alkanes) is 10. The third-order valence-electron chi connectivity index (χ3n) is 10.3. The molecule has 2 aromatic heterocycles. The lowest BCUT2D eigenvalue weighted by Gasteiger charge is -2.19. The first-order valence-electron chi connectivity index (χ1n) is 20.5. The van der Waals surface area contributed by atoms with Crippen LogP contribution in [0.5, 0.6) is 0 Å². The van der Waals surface area contributed by atoms with Gasteiger partial charge in [-0.25, -0.2) is 0 Å². The van der Waals surface area contributed by atoms with E-state index in [-0.39, 0.29) is 22.6 Å². The Morgan fingerprint density at radius 1 is 0.691 bits per heavy atom. The van der Waals surface area contributed by atoms with Crippen LogP contribution in [0.25, 0.3) is 21.8 Å². The van der Waals surface area contributed by atoms with Crippen molar-refractivity contribution in [3.63, 3.8) is 0 Å². The van der Waals surface area contributed by atoms with Gasteiger partial charge in [0.25, 0.3) is 5.24 Å². The molecule has 9 nitrogen and oxygen atoms in total. The van der Waals surface area contributed by atoms with Crippen molar-refractivity contribution in [2.45, 2.75) is 144 Å². The maximum Gasteiger partial charge on any atom is 0.323 e. The first-order valence-corrected chi connectivity index (χ1v) is 21.7. The summed E-state index contributed by atoms with van der Waals surface area (Å²) in [6.45, 7) is 10.4. The monoisotopic (exact) mass is 775 g/mol. The molecule has 2 aromatic carbocycles. The quantitative estimate of drug-likeness (QED) is 0.0966. The molecule has 1 amide bonds. The Kier molecular flexibility index (Phi) is 20.9. The molecule has 55 heavy (non-hydrogen) atoms. The second-order valence-electron chi connectivity index (χ2n) is 14.4. The number of thioether (sulfide) groups is 1. The molecule has 0 unspecified atom stereocenters. The second-order valence-corrected chi connectivity index (χ2v) is 15.2. The van der Waals surface area contributed by atoms with Crippen LogP contribution in [0.15, 0.2) is 58.1 Å². The van der Waals surface area contributed by atoms with E-state index >= 15 is 0 Å². The van der Waals surface area contributed by atoms with Gasteiger partial charge in [0.1, 0.15) is 6.54 Å². The van der Waals surface area contributed by atoms with E-state index < -0.39 is 5.97 Å². The number of ether oxygens (including phenoxy) is 1. The first-order chi connectivity index (χ1) is 26.7. The number of aromatic nitrogens is 2. The number of pyridine rings is 2. The van der Waals surface area contributed by atoms with Gasteiger partial charge in [0.2, 0.25) is 0 Å². The van der Waals surface area contributed by atoms with Gasteiger partial charge >= 0.3 is 5.97 Å². The van der Waals surface area contributed by atoms with E-state index in [0.717, 1.165) is 78.7 Å². The van der Waals surface area contributed by atoms with Crippen molar-refractivity contribution in [2.75, 3.05) is 19.5 Å². The van der Waals surface area contributed by atoms with Gasteiger partial charge in [-0.1, -0.05) is 114 Å². The molecule has 1 saturated heterocycles. The van der Waals surface area contributed by atoms with E-state index in [1.165, 1.54) is 82.4 Å². The summed E-state index contributed by atoms with van der Waals surface area (Å²) in [5, 5.41) is 13.5. The number of aliphatic carboxylic acids is 1. The average molecular weight is 776 g/mol. The molecular weight excluding hydrogens is 711 g/mol. The third-order valence-corrected chi connectivity index (χ3v) is 10.8. The minimum Gasteiger partial charge on any atom is -0.480 e. The number of rotatable bonds is 18. The average Bonchev–Trinajstić information content (AvgIpc) is 3.80. The number of nitrogens with zero attached hydrogens (tertiary/aromatic N) is 2. The summed E-state index contributed by atoms with van der Waals surface area (Å²) in [4.78, 5) is 48.4. The Balaban J connectivity index is 0.000000262. The fourth-order valence-electron chi connectivity index (χ4n) is 7.18. The van der Waals surface area contributed by atoms with Gasteiger partial charge in [-0.3, -0.25) is 19.2 Å². The Morgan fingerprint density at radius 2 is 1.13 bits per heavy atom. The highest BCUT2D eigenvalue weighted by Gasteiger charge is 2.16. The Hall–Kier alpha value is -3.89. The molecule has 0 bridgehead atoms. The Bertz CT molecular complexity index is 1910. The number of para-hydroxylation sites is 2. The number of benzene rings is 2. The molecule has 302 valence electrons. The fourth-order valence-corrected chi connectivity index (χ4v) is 7.39. The standard InChI is InChI=1S/C21H30N2O2S.C20H27NO3.C4H8O/c1-4-5-6-7-8-9-13-18-16(2)20(24)17-12-10-11-14-19(17)23(18)15-22-21(25)26-3;1-3-4-5-6-7-8-12-17-15(2)20(24)16-11-9-10-13-18(16)21(17)14-19(22)23;1-2-4-5-3-1/h10-12,14H,4-9,13,15H2,1-3H3,(H,22,25);9-11,13H,3-8,12,14H2,1-2H3,(H,22,23);1-4H2. The number of carbonyl (C=O) groups excluding carboxylic acids is 1. The molecule has 5 rings (SSSR count). The van der Waals surface area contributed by atoms with Gasteiger partial charge in [0.15, 0.2) is 10.9 Å². The largest absolute Gasteiger partial charge is 0.480 e. The van der Waals surface area contributed by atoms with Crippen LogP contribution in [0, 0.1) is 13.8 Å². The summed E-state index contributed by atoms with van der Waals surface area (Å²) in [6.07, 6.45) is 20.3. The number of nitrogens with one attached hydrogen (secondary N) is 1. The van der Waals surface area contributed by atoms with Gasteiger partial charge in [0, 0.05) is 46.5 Å². The maximum absolute atomic E-state index is 12.8. The number of hydrogen-bond acceptors (Lipinski definition) is 6. The maximum atomic E-state index is 12.8. The van der Waals surface area contributed by atoms with Crippen molar-refractivity contribution < 1.29 is 19.4 Å². The van der Waals surface area contributed by atoms with Gasteiger partial charge in [-0.05, 0) is 82.9 Å². The van der Waals surface area contributed by atoms with Gasteiger partial charge in [0.05, 0.1) is 17.7 Å². The van der Waals surface area contributed by atoms with Crippen molar-refractivity contribution in [1.29, 1.82) is 0 Å². The minimum absolute atomic E-state index is 0.0215. The van der Waals surface area contributed by atoms with Crippen LogP contribution in [-0.4, -0.2) is 44.9 Å². The van der Waals surface area contributed by atoms with Crippen LogP contribution in [0.1, 0.15) is 126 Å². The lowest BCUT2D eigenvalue weighted by Crippen LogP contribution is -2.27. The smallest absolute Gasteiger partial charge is 0.323 e. The minimum atomic E-state index is -0.882. The molecule has 0 spiro atoms. The SMILES string of the molecule is C1CCOC1.CCCCCCCCc1c(C)c(=O)c2ccccc2n1CC(=O)O.CCCCCCCCc1c(C)c(=O)c2ccccc2n1CNC(=O)SC. The summed E-state index contributed by atoms with van der Waals surface area (Å²) in [5.74, 6) is -0.882. The molecule has 10 heteroatoms. The first kappa shape index (κ1) is 45.5. The third kappa shape index (κ3) is 14.3. The zero-order chi connectivity index (χ0) is 40.0. The zero-order valence-corrected chi connectivity index (χ0v) is 34.9. The number of amides is 1. The summed E-state index contributed by atoms with van der Waals surface area (Å²) < 4.78 is 8.85. The highest BCUT2D eigenvalue weighted by atomic mass is 32.2. The molecule has 1 fully saturated rings. The van der Waals surface area contributed by atoms with Crippen LogP contribution >= 0.6 is 11.8 Å². The van der Waals surface area contributed by atoms with Crippen molar-refractivity contribution in [3.05, 3.63) is 91.5 Å². The Morgan fingerprint density at radius 3 is 1.56 bits per heavy atom. The molecule has 3 heterocycles. The summed E-state index contributed by atoms with van der Waals surface area (Å²) in [7, 11) is 0. The van der Waals surface area contributed by atoms with Crippen LogP contribution in [0.4, 0.5) is 4.79 Å². The van der Waals surface area contributed by atoms with Crippen molar-refractivity contribution in [1.82, 2.24) is 14.5 Å². The van der Waals surface area contributed by atoms with E-state index in [0.29, 0.717) is 17.6 Å².